The third kappa shape index (κ3) is 5.82. The number of carbonyl (C=O) groups excluding carboxylic acids is 1. The number of para-hydroxylation sites is 1. The number of nitrogens with zero attached hydrogens (tertiary/aromatic N) is 3. The number of hydrogen-bond donors (Lipinski definition) is 2. The molecule has 1 unspecified atom stereocenters. The van der Waals surface area contributed by atoms with E-state index in [2.05, 4.69) is 15.5 Å². The van der Waals surface area contributed by atoms with E-state index >= 15 is 0 Å². The minimum absolute atomic E-state index is 0.140. The zero-order valence-electron chi connectivity index (χ0n) is 16.4. The molecule has 3 aromatic rings. The first kappa shape index (κ1) is 20.9. The molecular formula is C21H24N4O3S. The van der Waals surface area contributed by atoms with Crippen molar-refractivity contribution in [2.24, 2.45) is 0 Å². The van der Waals surface area contributed by atoms with E-state index in [9.17, 15) is 9.90 Å². The fraction of sp³-hybridized carbons (Fsp3) is 0.286. The number of aromatic nitrogens is 3. The van der Waals surface area contributed by atoms with Gasteiger partial charge in [-0.25, -0.2) is 0 Å². The zero-order valence-corrected chi connectivity index (χ0v) is 17.2. The SMILES string of the molecule is CCOc1ccc(NC(=O)CSc2nnc(CC(C)O)n2-c2ccccc2)cc1. The number of amides is 1. The second kappa shape index (κ2) is 10.1. The third-order valence-electron chi connectivity index (χ3n) is 3.97. The highest BCUT2D eigenvalue weighted by Gasteiger charge is 2.17. The second-order valence-electron chi connectivity index (χ2n) is 6.42. The third-order valence-corrected chi connectivity index (χ3v) is 4.90. The highest BCUT2D eigenvalue weighted by atomic mass is 32.2. The van der Waals surface area contributed by atoms with Gasteiger partial charge in [0.15, 0.2) is 5.16 Å². The van der Waals surface area contributed by atoms with Crippen LogP contribution in [0.3, 0.4) is 0 Å². The molecule has 0 radical (unpaired) electrons. The number of ether oxygens (including phenoxy) is 1. The van der Waals surface area contributed by atoms with Crippen molar-refractivity contribution in [3.05, 3.63) is 60.4 Å². The molecule has 0 saturated carbocycles. The van der Waals surface area contributed by atoms with Crippen LogP contribution in [0.25, 0.3) is 5.69 Å². The van der Waals surface area contributed by atoms with Gasteiger partial charge in [-0.1, -0.05) is 30.0 Å². The van der Waals surface area contributed by atoms with Crippen molar-refractivity contribution < 1.29 is 14.6 Å². The van der Waals surface area contributed by atoms with Gasteiger partial charge in [0.05, 0.1) is 18.5 Å². The molecule has 0 fully saturated rings. The Morgan fingerprint density at radius 3 is 2.55 bits per heavy atom. The van der Waals surface area contributed by atoms with Crippen molar-refractivity contribution in [2.75, 3.05) is 17.7 Å². The molecule has 2 aromatic carbocycles. The Morgan fingerprint density at radius 1 is 1.17 bits per heavy atom. The molecule has 1 atom stereocenters. The number of aliphatic hydroxyl groups excluding tert-OH is 1. The normalized spacial score (nSPS) is 11.8. The summed E-state index contributed by atoms with van der Waals surface area (Å²) in [6, 6.07) is 16.9. The van der Waals surface area contributed by atoms with E-state index < -0.39 is 6.10 Å². The van der Waals surface area contributed by atoms with Crippen LogP contribution in [-0.2, 0) is 11.2 Å². The molecule has 29 heavy (non-hydrogen) atoms. The number of rotatable bonds is 9. The van der Waals surface area contributed by atoms with Gasteiger partial charge in [-0.3, -0.25) is 9.36 Å². The smallest absolute Gasteiger partial charge is 0.234 e. The van der Waals surface area contributed by atoms with Crippen LogP contribution in [-0.4, -0.2) is 44.2 Å². The minimum atomic E-state index is -0.539. The molecule has 8 heteroatoms. The van der Waals surface area contributed by atoms with Gasteiger partial charge in [0.2, 0.25) is 5.91 Å². The molecule has 0 bridgehead atoms. The molecule has 0 saturated heterocycles. The predicted molar refractivity (Wildman–Crippen MR) is 114 cm³/mol. The predicted octanol–water partition coefficient (Wildman–Crippen LogP) is 3.32. The Kier molecular flexibility index (Phi) is 7.26. The molecule has 152 valence electrons. The van der Waals surface area contributed by atoms with Crippen molar-refractivity contribution >= 4 is 23.4 Å². The van der Waals surface area contributed by atoms with E-state index in [0.29, 0.717) is 29.7 Å². The number of nitrogens with one attached hydrogen (secondary N) is 1. The molecule has 1 aromatic heterocycles. The van der Waals surface area contributed by atoms with Gasteiger partial charge in [0.25, 0.3) is 0 Å². The molecule has 7 nitrogen and oxygen atoms in total. The van der Waals surface area contributed by atoms with Crippen molar-refractivity contribution in [2.45, 2.75) is 31.5 Å². The highest BCUT2D eigenvalue weighted by molar-refractivity contribution is 7.99. The summed E-state index contributed by atoms with van der Waals surface area (Å²) in [5.74, 6) is 1.47. The number of aliphatic hydroxyl groups is 1. The van der Waals surface area contributed by atoms with Crippen LogP contribution in [0.1, 0.15) is 19.7 Å². The topological polar surface area (TPSA) is 89.3 Å². The largest absolute Gasteiger partial charge is 0.494 e. The van der Waals surface area contributed by atoms with Crippen LogP contribution in [0.4, 0.5) is 5.69 Å². The van der Waals surface area contributed by atoms with Crippen LogP contribution in [0.5, 0.6) is 5.75 Å². The fourth-order valence-electron chi connectivity index (χ4n) is 2.75. The van der Waals surface area contributed by atoms with E-state index in [1.807, 2.05) is 54.0 Å². The lowest BCUT2D eigenvalue weighted by molar-refractivity contribution is -0.113. The van der Waals surface area contributed by atoms with Gasteiger partial charge in [-0.05, 0) is 50.2 Å². The van der Waals surface area contributed by atoms with Crippen LogP contribution in [0.2, 0.25) is 0 Å². The summed E-state index contributed by atoms with van der Waals surface area (Å²) in [7, 11) is 0. The van der Waals surface area contributed by atoms with E-state index in [-0.39, 0.29) is 11.7 Å². The fourth-order valence-corrected chi connectivity index (χ4v) is 3.53. The van der Waals surface area contributed by atoms with Crippen LogP contribution >= 0.6 is 11.8 Å². The van der Waals surface area contributed by atoms with Crippen molar-refractivity contribution in [1.82, 2.24) is 14.8 Å². The molecule has 1 amide bonds. The van der Waals surface area contributed by atoms with Crippen LogP contribution in [0.15, 0.2) is 59.8 Å². The molecule has 3 rings (SSSR count). The minimum Gasteiger partial charge on any atom is -0.494 e. The Morgan fingerprint density at radius 2 is 1.90 bits per heavy atom. The van der Waals surface area contributed by atoms with E-state index in [0.717, 1.165) is 11.4 Å². The van der Waals surface area contributed by atoms with Gasteiger partial charge < -0.3 is 15.2 Å². The summed E-state index contributed by atoms with van der Waals surface area (Å²) in [6.45, 7) is 4.23. The van der Waals surface area contributed by atoms with E-state index in [4.69, 9.17) is 4.74 Å². The summed E-state index contributed by atoms with van der Waals surface area (Å²) in [6.07, 6.45) is -0.164. The van der Waals surface area contributed by atoms with Crippen molar-refractivity contribution in [1.29, 1.82) is 0 Å². The number of thioether (sulfide) groups is 1. The van der Waals surface area contributed by atoms with Gasteiger partial charge >= 0.3 is 0 Å². The van der Waals surface area contributed by atoms with Gasteiger partial charge in [0, 0.05) is 17.8 Å². The monoisotopic (exact) mass is 412 g/mol. The maximum atomic E-state index is 12.4. The van der Waals surface area contributed by atoms with Crippen LogP contribution < -0.4 is 10.1 Å². The number of anilines is 1. The highest BCUT2D eigenvalue weighted by Crippen LogP contribution is 2.23. The van der Waals surface area contributed by atoms with Gasteiger partial charge in [-0.2, -0.15) is 0 Å². The number of benzene rings is 2. The molecule has 0 aliphatic carbocycles. The average molecular weight is 413 g/mol. The van der Waals surface area contributed by atoms with Crippen LogP contribution in [0, 0.1) is 0 Å². The molecule has 0 aliphatic rings. The average Bonchev–Trinajstić information content (AvgIpc) is 3.10. The maximum absolute atomic E-state index is 12.4. The Balaban J connectivity index is 1.68. The number of carbonyl (C=O) groups is 1. The quantitative estimate of drug-likeness (QED) is 0.524. The van der Waals surface area contributed by atoms with Gasteiger partial charge in [0.1, 0.15) is 11.6 Å². The first-order valence-electron chi connectivity index (χ1n) is 9.40. The zero-order chi connectivity index (χ0) is 20.6. The molecule has 2 N–H and O–H groups in total. The lowest BCUT2D eigenvalue weighted by atomic mass is 10.2. The Bertz CT molecular complexity index is 927. The summed E-state index contributed by atoms with van der Waals surface area (Å²) >= 11 is 1.30. The maximum Gasteiger partial charge on any atom is 0.234 e. The molecule has 0 aliphatic heterocycles. The lowest BCUT2D eigenvalue weighted by Gasteiger charge is -2.11. The standard InChI is InChI=1S/C21H24N4O3S/c1-3-28-18-11-9-16(10-12-18)22-20(27)14-29-21-24-23-19(13-15(2)26)25(21)17-7-5-4-6-8-17/h4-12,15,26H,3,13-14H2,1-2H3,(H,22,27). The van der Waals surface area contributed by atoms with E-state index in [1.54, 1.807) is 19.1 Å². The second-order valence-corrected chi connectivity index (χ2v) is 7.36. The van der Waals surface area contributed by atoms with Crippen molar-refractivity contribution in [3.63, 3.8) is 0 Å². The molecule has 0 spiro atoms. The summed E-state index contributed by atoms with van der Waals surface area (Å²) in [5.41, 5.74) is 1.60. The summed E-state index contributed by atoms with van der Waals surface area (Å²) < 4.78 is 7.28. The summed E-state index contributed by atoms with van der Waals surface area (Å²) in [5, 5.41) is 21.7. The molecular weight excluding hydrogens is 388 g/mol. The van der Waals surface area contributed by atoms with Crippen molar-refractivity contribution in [3.8, 4) is 11.4 Å². The van der Waals surface area contributed by atoms with E-state index in [1.165, 1.54) is 11.8 Å². The lowest BCUT2D eigenvalue weighted by Crippen LogP contribution is -2.15. The molecule has 1 heterocycles. The summed E-state index contributed by atoms with van der Waals surface area (Å²) in [4.78, 5) is 12.4. The first-order chi connectivity index (χ1) is 14.1. The first-order valence-corrected chi connectivity index (χ1v) is 10.4. The Hall–Kier alpha value is -2.84. The van der Waals surface area contributed by atoms with Gasteiger partial charge in [-0.15, -0.1) is 10.2 Å². The Labute approximate surface area is 174 Å². The number of hydrogen-bond acceptors (Lipinski definition) is 6.